The van der Waals surface area contributed by atoms with Crippen molar-refractivity contribution in [2.45, 2.75) is 4.90 Å². The highest BCUT2D eigenvalue weighted by Crippen LogP contribution is 2.24. The molecule has 0 radical (unpaired) electrons. The van der Waals surface area contributed by atoms with Gasteiger partial charge in [0.05, 0.1) is 31.0 Å². The summed E-state index contributed by atoms with van der Waals surface area (Å²) in [4.78, 5) is 22.2. The topological polar surface area (TPSA) is 98.8 Å². The van der Waals surface area contributed by atoms with E-state index >= 15 is 0 Å². The van der Waals surface area contributed by atoms with Gasteiger partial charge in [-0.2, -0.15) is 0 Å². The summed E-state index contributed by atoms with van der Waals surface area (Å²) in [6, 6.07) is 4.08. The summed E-state index contributed by atoms with van der Waals surface area (Å²) < 4.78 is 75.7. The molecule has 2 aromatic rings. The largest absolute Gasteiger partial charge is 0.465 e. The molecule has 0 aliphatic heterocycles. The SMILES string of the molecule is COC(=O)c1cc(NS(=O)(=O)c2ccc(F)c(F)c2F)cc(C(=O)OC)c1. The van der Waals surface area contributed by atoms with Crippen molar-refractivity contribution in [2.75, 3.05) is 18.9 Å². The Morgan fingerprint density at radius 1 is 0.889 bits per heavy atom. The third-order valence-corrected chi connectivity index (χ3v) is 4.72. The molecule has 0 aliphatic carbocycles. The van der Waals surface area contributed by atoms with E-state index in [2.05, 4.69) is 9.47 Å². The standard InChI is InChI=1S/C16H12F3NO6S/c1-25-15(21)8-5-9(16(22)26-2)7-10(6-8)20-27(23,24)12-4-3-11(17)13(18)14(12)19/h3-7,20H,1-2H3. The lowest BCUT2D eigenvalue weighted by molar-refractivity contribution is 0.0599. The van der Waals surface area contributed by atoms with Gasteiger partial charge in [0.2, 0.25) is 0 Å². The number of methoxy groups -OCH3 is 2. The Bertz CT molecular complexity index is 989. The first-order valence-corrected chi connectivity index (χ1v) is 8.57. The molecule has 11 heteroatoms. The molecular formula is C16H12F3NO6S. The van der Waals surface area contributed by atoms with Crippen LogP contribution in [0.3, 0.4) is 0 Å². The molecule has 0 amide bonds. The summed E-state index contributed by atoms with van der Waals surface area (Å²) in [5.74, 6) is -7.22. The van der Waals surface area contributed by atoms with Crippen molar-refractivity contribution < 1.29 is 40.7 Å². The van der Waals surface area contributed by atoms with Gasteiger partial charge >= 0.3 is 11.9 Å². The van der Waals surface area contributed by atoms with Crippen molar-refractivity contribution in [3.63, 3.8) is 0 Å². The number of hydrogen-bond donors (Lipinski definition) is 1. The van der Waals surface area contributed by atoms with Crippen LogP contribution in [0.25, 0.3) is 0 Å². The predicted octanol–water partition coefficient (Wildman–Crippen LogP) is 2.48. The van der Waals surface area contributed by atoms with E-state index < -0.39 is 44.3 Å². The van der Waals surface area contributed by atoms with E-state index in [0.717, 1.165) is 32.4 Å². The quantitative estimate of drug-likeness (QED) is 0.608. The number of rotatable bonds is 5. The number of sulfonamides is 1. The monoisotopic (exact) mass is 403 g/mol. The lowest BCUT2D eigenvalue weighted by atomic mass is 10.1. The fourth-order valence-electron chi connectivity index (χ4n) is 2.08. The number of ether oxygens (including phenoxy) is 2. The Balaban J connectivity index is 2.53. The fourth-order valence-corrected chi connectivity index (χ4v) is 3.19. The zero-order valence-corrected chi connectivity index (χ0v) is 14.7. The first kappa shape index (κ1) is 20.2. The molecule has 144 valence electrons. The molecule has 2 rings (SSSR count). The number of carbonyl (C=O) groups is 2. The second kappa shape index (κ2) is 7.66. The summed E-state index contributed by atoms with van der Waals surface area (Å²) in [5.41, 5.74) is -0.741. The predicted molar refractivity (Wildman–Crippen MR) is 86.2 cm³/mol. The van der Waals surface area contributed by atoms with Crippen LogP contribution in [0.5, 0.6) is 0 Å². The number of anilines is 1. The maximum Gasteiger partial charge on any atom is 0.337 e. The molecule has 0 aromatic heterocycles. The third kappa shape index (κ3) is 4.19. The number of nitrogens with one attached hydrogen (secondary N) is 1. The van der Waals surface area contributed by atoms with Gasteiger partial charge in [0, 0.05) is 0 Å². The van der Waals surface area contributed by atoms with Crippen LogP contribution in [0.15, 0.2) is 35.2 Å². The summed E-state index contributed by atoms with van der Waals surface area (Å²) >= 11 is 0. The van der Waals surface area contributed by atoms with E-state index in [0.29, 0.717) is 12.1 Å². The molecule has 0 saturated carbocycles. The van der Waals surface area contributed by atoms with Gasteiger partial charge in [0.15, 0.2) is 17.5 Å². The molecule has 0 spiro atoms. The Labute approximate surface area is 151 Å². The van der Waals surface area contributed by atoms with Crippen molar-refractivity contribution in [2.24, 2.45) is 0 Å². The lowest BCUT2D eigenvalue weighted by Gasteiger charge is -2.12. The van der Waals surface area contributed by atoms with Crippen LogP contribution in [-0.4, -0.2) is 34.6 Å². The van der Waals surface area contributed by atoms with Crippen LogP contribution in [0.2, 0.25) is 0 Å². The lowest BCUT2D eigenvalue weighted by Crippen LogP contribution is -2.17. The molecule has 1 N–H and O–H groups in total. The average molecular weight is 403 g/mol. The van der Waals surface area contributed by atoms with Gasteiger partial charge < -0.3 is 9.47 Å². The van der Waals surface area contributed by atoms with E-state index in [1.165, 1.54) is 0 Å². The molecule has 0 fully saturated rings. The van der Waals surface area contributed by atoms with E-state index in [1.54, 1.807) is 0 Å². The molecule has 7 nitrogen and oxygen atoms in total. The van der Waals surface area contributed by atoms with Gasteiger partial charge in [-0.1, -0.05) is 0 Å². The van der Waals surface area contributed by atoms with Gasteiger partial charge in [-0.25, -0.2) is 31.2 Å². The van der Waals surface area contributed by atoms with Crippen molar-refractivity contribution >= 4 is 27.6 Å². The van der Waals surface area contributed by atoms with Gasteiger partial charge in [-0.15, -0.1) is 0 Å². The maximum atomic E-state index is 13.8. The minimum absolute atomic E-state index is 0.205. The number of benzene rings is 2. The minimum Gasteiger partial charge on any atom is -0.465 e. The van der Waals surface area contributed by atoms with E-state index in [-0.39, 0.29) is 16.8 Å². The smallest absolute Gasteiger partial charge is 0.337 e. The number of carbonyl (C=O) groups excluding carboxylic acids is 2. The van der Waals surface area contributed by atoms with Crippen molar-refractivity contribution in [1.29, 1.82) is 0 Å². The maximum absolute atomic E-state index is 13.8. The Kier molecular flexibility index (Phi) is 5.74. The van der Waals surface area contributed by atoms with Gasteiger partial charge in [-0.05, 0) is 30.3 Å². The zero-order chi connectivity index (χ0) is 20.4. The molecule has 2 aromatic carbocycles. The Morgan fingerprint density at radius 3 is 1.89 bits per heavy atom. The second-order valence-corrected chi connectivity index (χ2v) is 6.71. The molecule has 0 atom stereocenters. The fraction of sp³-hybridized carbons (Fsp3) is 0.125. The van der Waals surface area contributed by atoms with Crippen molar-refractivity contribution in [3.8, 4) is 0 Å². The highest BCUT2D eigenvalue weighted by molar-refractivity contribution is 7.92. The Hall–Kier alpha value is -3.08. The third-order valence-electron chi connectivity index (χ3n) is 3.32. The molecule has 27 heavy (non-hydrogen) atoms. The first-order chi connectivity index (χ1) is 12.6. The molecule has 0 aliphatic rings. The highest BCUT2D eigenvalue weighted by atomic mass is 32.2. The molecule has 0 bridgehead atoms. The summed E-state index contributed by atoms with van der Waals surface area (Å²) in [6.07, 6.45) is 0. The summed E-state index contributed by atoms with van der Waals surface area (Å²) in [6.45, 7) is 0. The molecule has 0 unspecified atom stereocenters. The molecular weight excluding hydrogens is 391 g/mol. The average Bonchev–Trinajstić information content (AvgIpc) is 2.63. The summed E-state index contributed by atoms with van der Waals surface area (Å²) in [7, 11) is -2.59. The van der Waals surface area contributed by atoms with Crippen molar-refractivity contribution in [1.82, 2.24) is 0 Å². The van der Waals surface area contributed by atoms with Crippen LogP contribution in [0, 0.1) is 17.5 Å². The molecule has 0 saturated heterocycles. The van der Waals surface area contributed by atoms with Gasteiger partial charge in [-0.3, -0.25) is 4.72 Å². The van der Waals surface area contributed by atoms with Gasteiger partial charge in [0.1, 0.15) is 4.90 Å². The van der Waals surface area contributed by atoms with Crippen LogP contribution in [0.4, 0.5) is 18.9 Å². The number of esters is 2. The Morgan fingerprint density at radius 2 is 1.41 bits per heavy atom. The van der Waals surface area contributed by atoms with Crippen LogP contribution in [0.1, 0.15) is 20.7 Å². The minimum atomic E-state index is -4.72. The molecule has 0 heterocycles. The number of hydrogen-bond acceptors (Lipinski definition) is 6. The highest BCUT2D eigenvalue weighted by Gasteiger charge is 2.25. The zero-order valence-electron chi connectivity index (χ0n) is 13.9. The second-order valence-electron chi connectivity index (χ2n) is 5.06. The van der Waals surface area contributed by atoms with E-state index in [9.17, 15) is 31.2 Å². The van der Waals surface area contributed by atoms with Crippen LogP contribution < -0.4 is 4.72 Å². The van der Waals surface area contributed by atoms with Crippen LogP contribution >= 0.6 is 0 Å². The summed E-state index contributed by atoms with van der Waals surface area (Å²) in [5, 5.41) is 0. The number of halogens is 3. The van der Waals surface area contributed by atoms with E-state index in [1.807, 2.05) is 4.72 Å². The van der Waals surface area contributed by atoms with Crippen LogP contribution in [-0.2, 0) is 19.5 Å². The normalized spacial score (nSPS) is 11.0. The van der Waals surface area contributed by atoms with Gasteiger partial charge in [0.25, 0.3) is 10.0 Å². The van der Waals surface area contributed by atoms with E-state index in [4.69, 9.17) is 0 Å². The van der Waals surface area contributed by atoms with Crippen molar-refractivity contribution in [3.05, 3.63) is 58.9 Å². The first-order valence-electron chi connectivity index (χ1n) is 7.08.